The van der Waals surface area contributed by atoms with Gasteiger partial charge in [-0.05, 0) is 41.8 Å². The van der Waals surface area contributed by atoms with E-state index >= 15 is 0 Å². The first-order valence-corrected chi connectivity index (χ1v) is 8.79. The molecule has 3 rings (SSSR count). The molecule has 7 nitrogen and oxygen atoms in total. The van der Waals surface area contributed by atoms with Gasteiger partial charge in [0.15, 0.2) is 18.1 Å². The molecular weight excluding hydrogens is 362 g/mol. The van der Waals surface area contributed by atoms with Crippen molar-refractivity contribution in [3.8, 4) is 11.5 Å². The Morgan fingerprint density at radius 2 is 1.68 bits per heavy atom. The SMILES string of the molecule is COc1cc2c(cc1OC)CN(C(=O)COC(=O)c1ccc(C=O)cc1)CC2. The lowest BCUT2D eigenvalue weighted by Gasteiger charge is -2.29. The van der Waals surface area contributed by atoms with Crippen molar-refractivity contribution in [3.05, 3.63) is 58.7 Å². The second kappa shape index (κ2) is 8.56. The highest BCUT2D eigenvalue weighted by atomic mass is 16.5. The van der Waals surface area contributed by atoms with Crippen LogP contribution in [0.2, 0.25) is 0 Å². The fourth-order valence-corrected chi connectivity index (χ4v) is 3.10. The Labute approximate surface area is 162 Å². The van der Waals surface area contributed by atoms with Crippen LogP contribution in [0.4, 0.5) is 0 Å². The van der Waals surface area contributed by atoms with Crippen LogP contribution in [0.1, 0.15) is 31.8 Å². The average Bonchev–Trinajstić information content (AvgIpc) is 2.75. The van der Waals surface area contributed by atoms with E-state index in [0.29, 0.717) is 48.4 Å². The Kier molecular flexibility index (Phi) is 5.93. The quantitative estimate of drug-likeness (QED) is 0.562. The van der Waals surface area contributed by atoms with Gasteiger partial charge in [0.1, 0.15) is 6.29 Å². The Morgan fingerprint density at radius 1 is 1.04 bits per heavy atom. The van der Waals surface area contributed by atoms with Gasteiger partial charge in [0, 0.05) is 18.7 Å². The molecule has 1 aliphatic heterocycles. The number of esters is 1. The van der Waals surface area contributed by atoms with Crippen molar-refractivity contribution in [2.24, 2.45) is 0 Å². The van der Waals surface area contributed by atoms with E-state index in [2.05, 4.69) is 0 Å². The molecular formula is C21H21NO6. The Hall–Kier alpha value is -3.35. The minimum Gasteiger partial charge on any atom is -0.493 e. The van der Waals surface area contributed by atoms with Gasteiger partial charge in [-0.2, -0.15) is 0 Å². The normalized spacial score (nSPS) is 12.7. The molecule has 0 aliphatic carbocycles. The maximum Gasteiger partial charge on any atom is 0.338 e. The zero-order chi connectivity index (χ0) is 20.1. The summed E-state index contributed by atoms with van der Waals surface area (Å²) in [5, 5.41) is 0. The third kappa shape index (κ3) is 4.14. The van der Waals surface area contributed by atoms with E-state index in [4.69, 9.17) is 14.2 Å². The maximum absolute atomic E-state index is 12.5. The zero-order valence-electron chi connectivity index (χ0n) is 15.8. The third-order valence-electron chi connectivity index (χ3n) is 4.68. The van der Waals surface area contributed by atoms with Crippen LogP contribution in [0.15, 0.2) is 36.4 Å². The molecule has 0 fully saturated rings. The van der Waals surface area contributed by atoms with Crippen LogP contribution in [0.5, 0.6) is 11.5 Å². The van der Waals surface area contributed by atoms with Crippen LogP contribution in [0, 0.1) is 0 Å². The minimum absolute atomic E-state index is 0.265. The molecule has 0 saturated heterocycles. The van der Waals surface area contributed by atoms with Gasteiger partial charge in [0.25, 0.3) is 5.91 Å². The highest BCUT2D eigenvalue weighted by Crippen LogP contribution is 2.33. The van der Waals surface area contributed by atoms with Gasteiger partial charge in [-0.15, -0.1) is 0 Å². The number of nitrogens with zero attached hydrogens (tertiary/aromatic N) is 1. The number of hydrogen-bond acceptors (Lipinski definition) is 6. The summed E-state index contributed by atoms with van der Waals surface area (Å²) in [5.41, 5.74) is 2.84. The standard InChI is InChI=1S/C21H21NO6/c1-26-18-9-16-7-8-22(11-17(16)10-19(18)27-2)20(24)13-28-21(25)15-5-3-14(12-23)4-6-15/h3-6,9-10,12H,7-8,11,13H2,1-2H3. The Balaban J connectivity index is 1.61. The zero-order valence-corrected chi connectivity index (χ0v) is 15.8. The van der Waals surface area contributed by atoms with Crippen LogP contribution in [0.3, 0.4) is 0 Å². The molecule has 1 aliphatic rings. The number of carbonyl (C=O) groups is 3. The Morgan fingerprint density at radius 3 is 2.29 bits per heavy atom. The van der Waals surface area contributed by atoms with Crippen molar-refractivity contribution >= 4 is 18.2 Å². The van der Waals surface area contributed by atoms with Crippen molar-refractivity contribution in [2.45, 2.75) is 13.0 Å². The first kappa shape index (κ1) is 19.4. The summed E-state index contributed by atoms with van der Waals surface area (Å²) in [6.07, 6.45) is 1.37. The average molecular weight is 383 g/mol. The first-order chi connectivity index (χ1) is 13.5. The molecule has 0 radical (unpaired) electrons. The molecule has 28 heavy (non-hydrogen) atoms. The summed E-state index contributed by atoms with van der Waals surface area (Å²) in [6, 6.07) is 9.83. The van der Waals surface area contributed by atoms with Crippen LogP contribution >= 0.6 is 0 Å². The predicted octanol–water partition coefficient (Wildman–Crippen LogP) is 2.26. The summed E-state index contributed by atoms with van der Waals surface area (Å²) >= 11 is 0. The lowest BCUT2D eigenvalue weighted by Crippen LogP contribution is -2.38. The topological polar surface area (TPSA) is 82.1 Å². The molecule has 146 valence electrons. The van der Waals surface area contributed by atoms with Gasteiger partial charge in [-0.3, -0.25) is 9.59 Å². The number of amides is 1. The third-order valence-corrected chi connectivity index (χ3v) is 4.68. The van der Waals surface area contributed by atoms with Crippen LogP contribution in [-0.4, -0.2) is 50.4 Å². The smallest absolute Gasteiger partial charge is 0.338 e. The van der Waals surface area contributed by atoms with Crippen molar-refractivity contribution in [2.75, 3.05) is 27.4 Å². The summed E-state index contributed by atoms with van der Waals surface area (Å²) in [6.45, 7) is 0.615. The molecule has 1 amide bonds. The van der Waals surface area contributed by atoms with Gasteiger partial charge in [-0.25, -0.2) is 4.79 Å². The molecule has 1 heterocycles. The number of fused-ring (bicyclic) bond motifs is 1. The van der Waals surface area contributed by atoms with Crippen LogP contribution in [0.25, 0.3) is 0 Å². The number of methoxy groups -OCH3 is 2. The second-order valence-corrected chi connectivity index (χ2v) is 6.36. The first-order valence-electron chi connectivity index (χ1n) is 8.79. The van der Waals surface area contributed by atoms with E-state index < -0.39 is 5.97 Å². The number of hydrogen-bond donors (Lipinski definition) is 0. The monoisotopic (exact) mass is 383 g/mol. The number of carbonyl (C=O) groups excluding carboxylic acids is 3. The van der Waals surface area contributed by atoms with E-state index in [-0.39, 0.29) is 12.5 Å². The number of ether oxygens (including phenoxy) is 3. The largest absolute Gasteiger partial charge is 0.493 e. The van der Waals surface area contributed by atoms with E-state index in [1.165, 1.54) is 24.3 Å². The van der Waals surface area contributed by atoms with Crippen LogP contribution < -0.4 is 9.47 Å². The van der Waals surface area contributed by atoms with Gasteiger partial charge < -0.3 is 19.1 Å². The summed E-state index contributed by atoms with van der Waals surface area (Å²) < 4.78 is 15.8. The van der Waals surface area contributed by atoms with Crippen molar-refractivity contribution < 1.29 is 28.6 Å². The fraction of sp³-hybridized carbons (Fsp3) is 0.286. The summed E-state index contributed by atoms with van der Waals surface area (Å²) in [5.74, 6) is 0.407. The molecule has 0 saturated carbocycles. The lowest BCUT2D eigenvalue weighted by molar-refractivity contribution is -0.135. The maximum atomic E-state index is 12.5. The molecule has 0 bridgehead atoms. The molecule has 0 spiro atoms. The Bertz CT molecular complexity index is 891. The van der Waals surface area contributed by atoms with E-state index in [1.807, 2.05) is 12.1 Å². The molecule has 0 aromatic heterocycles. The van der Waals surface area contributed by atoms with Gasteiger partial charge in [0.2, 0.25) is 0 Å². The molecule has 0 N–H and O–H groups in total. The number of benzene rings is 2. The molecule has 0 atom stereocenters. The lowest BCUT2D eigenvalue weighted by atomic mass is 9.99. The fourth-order valence-electron chi connectivity index (χ4n) is 3.10. The van der Waals surface area contributed by atoms with Gasteiger partial charge >= 0.3 is 5.97 Å². The molecule has 7 heteroatoms. The van der Waals surface area contributed by atoms with Gasteiger partial charge in [-0.1, -0.05) is 12.1 Å². The predicted molar refractivity (Wildman–Crippen MR) is 101 cm³/mol. The van der Waals surface area contributed by atoms with Crippen LogP contribution in [-0.2, 0) is 22.5 Å². The van der Waals surface area contributed by atoms with Gasteiger partial charge in [0.05, 0.1) is 19.8 Å². The van der Waals surface area contributed by atoms with E-state index in [0.717, 1.165) is 11.1 Å². The second-order valence-electron chi connectivity index (χ2n) is 6.36. The van der Waals surface area contributed by atoms with E-state index in [9.17, 15) is 14.4 Å². The van der Waals surface area contributed by atoms with E-state index in [1.54, 1.807) is 19.1 Å². The summed E-state index contributed by atoms with van der Waals surface area (Å²) in [4.78, 5) is 36.9. The number of rotatable bonds is 6. The molecule has 2 aromatic carbocycles. The molecule has 2 aromatic rings. The van der Waals surface area contributed by atoms with Crippen molar-refractivity contribution in [1.82, 2.24) is 4.90 Å². The molecule has 0 unspecified atom stereocenters. The summed E-state index contributed by atoms with van der Waals surface area (Å²) in [7, 11) is 3.15. The number of aldehydes is 1. The highest BCUT2D eigenvalue weighted by Gasteiger charge is 2.23. The minimum atomic E-state index is -0.602. The van der Waals surface area contributed by atoms with Crippen molar-refractivity contribution in [3.63, 3.8) is 0 Å². The highest BCUT2D eigenvalue weighted by molar-refractivity contribution is 5.92. The van der Waals surface area contributed by atoms with Crippen molar-refractivity contribution in [1.29, 1.82) is 0 Å².